The SMILES string of the molecule is CCCCCCCCCCCCCCCCCCO[C@H](COC(C)=O)COP(=O)(O)OCC[N+](C)(C)C. The lowest BCUT2D eigenvalue weighted by atomic mass is 10.0. The first-order chi connectivity index (χ1) is 17.6. The summed E-state index contributed by atoms with van der Waals surface area (Å²) in [6, 6.07) is 0. The summed E-state index contributed by atoms with van der Waals surface area (Å²) in [4.78, 5) is 21.1. The van der Waals surface area contributed by atoms with Crippen molar-refractivity contribution in [3.05, 3.63) is 0 Å². The summed E-state index contributed by atoms with van der Waals surface area (Å²) in [7, 11) is 1.71. The van der Waals surface area contributed by atoms with E-state index in [-0.39, 0.29) is 19.8 Å². The Bertz CT molecular complexity index is 583. The Morgan fingerprint density at radius 3 is 1.62 bits per heavy atom. The number of esters is 1. The first-order valence-corrected chi connectivity index (χ1v) is 16.2. The van der Waals surface area contributed by atoms with Gasteiger partial charge in [-0.2, -0.15) is 0 Å². The van der Waals surface area contributed by atoms with Crippen LogP contribution >= 0.6 is 7.82 Å². The van der Waals surface area contributed by atoms with Gasteiger partial charge in [0.1, 0.15) is 25.9 Å². The molecule has 0 rings (SSSR count). The first-order valence-electron chi connectivity index (χ1n) is 14.7. The quantitative estimate of drug-likeness (QED) is 0.0506. The number of ether oxygens (including phenoxy) is 2. The number of phosphoric acid groups is 1. The number of quaternary nitrogens is 1. The second kappa shape index (κ2) is 23.4. The van der Waals surface area contributed by atoms with Crippen LogP contribution in [0.5, 0.6) is 0 Å². The molecule has 0 saturated carbocycles. The van der Waals surface area contributed by atoms with Gasteiger partial charge in [0.25, 0.3) is 0 Å². The first kappa shape index (κ1) is 36.5. The number of hydrogen-bond acceptors (Lipinski definition) is 6. The van der Waals surface area contributed by atoms with Crippen LogP contribution in [-0.2, 0) is 27.9 Å². The zero-order valence-electron chi connectivity index (χ0n) is 24.7. The number of rotatable bonds is 27. The van der Waals surface area contributed by atoms with Gasteiger partial charge in [0.05, 0.1) is 27.7 Å². The van der Waals surface area contributed by atoms with Gasteiger partial charge in [-0.25, -0.2) is 4.57 Å². The van der Waals surface area contributed by atoms with Gasteiger partial charge in [-0.1, -0.05) is 103 Å². The second-order valence-electron chi connectivity index (χ2n) is 11.2. The minimum atomic E-state index is -4.19. The third kappa shape index (κ3) is 28.3. The van der Waals surface area contributed by atoms with Gasteiger partial charge in [0.2, 0.25) is 0 Å². The van der Waals surface area contributed by atoms with Gasteiger partial charge in [0.15, 0.2) is 0 Å². The fraction of sp³-hybridized carbons (Fsp3) is 0.964. The lowest BCUT2D eigenvalue weighted by molar-refractivity contribution is -0.870. The molecular weight excluding hydrogens is 493 g/mol. The van der Waals surface area contributed by atoms with Crippen molar-refractivity contribution in [3.8, 4) is 0 Å². The molecular formula is C28H59NO7P+. The van der Waals surface area contributed by atoms with E-state index in [0.717, 1.165) is 12.8 Å². The minimum absolute atomic E-state index is 0.0208. The predicted molar refractivity (Wildman–Crippen MR) is 151 cm³/mol. The third-order valence-corrected chi connectivity index (χ3v) is 7.25. The highest BCUT2D eigenvalue weighted by Gasteiger charge is 2.25. The molecule has 222 valence electrons. The van der Waals surface area contributed by atoms with Gasteiger partial charge in [0, 0.05) is 13.5 Å². The van der Waals surface area contributed by atoms with E-state index in [1.807, 2.05) is 21.1 Å². The smallest absolute Gasteiger partial charge is 0.463 e. The molecule has 0 aromatic rings. The predicted octanol–water partition coefficient (Wildman–Crippen LogP) is 7.04. The molecule has 0 aliphatic carbocycles. The summed E-state index contributed by atoms with van der Waals surface area (Å²) >= 11 is 0. The van der Waals surface area contributed by atoms with Crippen molar-refractivity contribution in [1.82, 2.24) is 0 Å². The number of carbonyl (C=O) groups is 1. The van der Waals surface area contributed by atoms with Gasteiger partial charge >= 0.3 is 13.8 Å². The van der Waals surface area contributed by atoms with Crippen LogP contribution in [0.15, 0.2) is 0 Å². The molecule has 0 aromatic heterocycles. The van der Waals surface area contributed by atoms with E-state index in [1.165, 1.54) is 96.8 Å². The van der Waals surface area contributed by atoms with E-state index in [1.54, 1.807) is 0 Å². The molecule has 0 heterocycles. The van der Waals surface area contributed by atoms with Gasteiger partial charge in [-0.3, -0.25) is 13.8 Å². The Kier molecular flexibility index (Phi) is 23.1. The van der Waals surface area contributed by atoms with E-state index in [0.29, 0.717) is 17.6 Å². The van der Waals surface area contributed by atoms with Crippen LogP contribution in [0.25, 0.3) is 0 Å². The maximum atomic E-state index is 12.1. The molecule has 0 fully saturated rings. The zero-order chi connectivity index (χ0) is 27.8. The number of unbranched alkanes of at least 4 members (excludes halogenated alkanes) is 15. The summed E-state index contributed by atoms with van der Waals surface area (Å²) in [6.45, 7) is 4.55. The van der Waals surface area contributed by atoms with Crippen molar-refractivity contribution < 1.29 is 37.3 Å². The minimum Gasteiger partial charge on any atom is -0.463 e. The van der Waals surface area contributed by atoms with E-state index in [4.69, 9.17) is 18.5 Å². The Morgan fingerprint density at radius 1 is 0.730 bits per heavy atom. The zero-order valence-corrected chi connectivity index (χ0v) is 25.6. The average Bonchev–Trinajstić information content (AvgIpc) is 2.81. The molecule has 0 spiro atoms. The van der Waals surface area contributed by atoms with Crippen LogP contribution in [0.3, 0.4) is 0 Å². The average molecular weight is 553 g/mol. The summed E-state index contributed by atoms with van der Waals surface area (Å²) in [5.41, 5.74) is 0. The van der Waals surface area contributed by atoms with Crippen LogP contribution in [0.2, 0.25) is 0 Å². The Morgan fingerprint density at radius 2 is 1.19 bits per heavy atom. The van der Waals surface area contributed by atoms with Crippen LogP contribution in [0.1, 0.15) is 117 Å². The molecule has 2 atom stereocenters. The molecule has 0 amide bonds. The monoisotopic (exact) mass is 552 g/mol. The fourth-order valence-corrected chi connectivity index (χ4v) is 4.64. The highest BCUT2D eigenvalue weighted by molar-refractivity contribution is 7.47. The van der Waals surface area contributed by atoms with E-state index < -0.39 is 19.9 Å². The molecule has 0 bridgehead atoms. The van der Waals surface area contributed by atoms with E-state index in [2.05, 4.69) is 6.92 Å². The largest absolute Gasteiger partial charge is 0.472 e. The molecule has 0 aliphatic rings. The summed E-state index contributed by atoms with van der Waals surface area (Å²) in [5, 5.41) is 0. The van der Waals surface area contributed by atoms with Crippen molar-refractivity contribution in [2.24, 2.45) is 0 Å². The number of phosphoric ester groups is 1. The molecule has 0 radical (unpaired) electrons. The van der Waals surface area contributed by atoms with Crippen LogP contribution in [-0.4, -0.2) is 75.6 Å². The van der Waals surface area contributed by atoms with E-state index >= 15 is 0 Å². The second-order valence-corrected chi connectivity index (χ2v) is 12.7. The highest BCUT2D eigenvalue weighted by atomic mass is 31.2. The van der Waals surface area contributed by atoms with Gasteiger partial charge in [-0.05, 0) is 6.42 Å². The highest BCUT2D eigenvalue weighted by Crippen LogP contribution is 2.43. The molecule has 0 saturated heterocycles. The van der Waals surface area contributed by atoms with Crippen molar-refractivity contribution >= 4 is 13.8 Å². The normalized spacial score (nSPS) is 14.4. The molecule has 1 N–H and O–H groups in total. The lowest BCUT2D eigenvalue weighted by Crippen LogP contribution is -2.37. The molecule has 1 unspecified atom stereocenters. The van der Waals surface area contributed by atoms with Crippen molar-refractivity contribution in [2.75, 3.05) is 54.1 Å². The molecule has 37 heavy (non-hydrogen) atoms. The van der Waals surface area contributed by atoms with Crippen molar-refractivity contribution in [3.63, 3.8) is 0 Å². The summed E-state index contributed by atoms with van der Waals surface area (Å²) < 4.78 is 33.6. The van der Waals surface area contributed by atoms with Crippen LogP contribution < -0.4 is 0 Å². The van der Waals surface area contributed by atoms with Crippen LogP contribution in [0.4, 0.5) is 0 Å². The standard InChI is InChI=1S/C28H58NO7P/c1-6-7-8-9-10-11-12-13-14-15-16-17-18-19-20-21-23-33-28(25-34-27(2)30)26-36-37(31,32)35-24-22-29(3,4)5/h28H,6-26H2,1-5H3/p+1/t28-/m1/s1. The third-order valence-electron chi connectivity index (χ3n) is 6.26. The van der Waals surface area contributed by atoms with Gasteiger partial charge in [-0.15, -0.1) is 0 Å². The van der Waals surface area contributed by atoms with Crippen LogP contribution in [0, 0.1) is 0 Å². The molecule has 0 aliphatic heterocycles. The van der Waals surface area contributed by atoms with Gasteiger partial charge < -0.3 is 18.9 Å². The lowest BCUT2D eigenvalue weighted by Gasteiger charge is -2.24. The fourth-order valence-electron chi connectivity index (χ4n) is 3.90. The molecule has 9 heteroatoms. The van der Waals surface area contributed by atoms with Crippen molar-refractivity contribution in [1.29, 1.82) is 0 Å². The maximum absolute atomic E-state index is 12.1. The Labute approximate surface area is 228 Å². The summed E-state index contributed by atoms with van der Waals surface area (Å²) in [5.74, 6) is -0.428. The molecule has 0 aromatic carbocycles. The Balaban J connectivity index is 3.82. The number of hydrogen-bond donors (Lipinski definition) is 1. The topological polar surface area (TPSA) is 91.3 Å². The number of likely N-dealkylation sites (N-methyl/N-ethyl adjacent to an activating group) is 1. The molecule has 8 nitrogen and oxygen atoms in total. The number of carbonyl (C=O) groups excluding carboxylic acids is 1. The maximum Gasteiger partial charge on any atom is 0.472 e. The summed E-state index contributed by atoms with van der Waals surface area (Å²) in [6.07, 6.45) is 20.3. The van der Waals surface area contributed by atoms with Crippen molar-refractivity contribution in [2.45, 2.75) is 123 Å². The Hall–Kier alpha value is -0.500. The number of nitrogens with zero attached hydrogens (tertiary/aromatic N) is 1. The van der Waals surface area contributed by atoms with E-state index in [9.17, 15) is 14.3 Å².